The summed E-state index contributed by atoms with van der Waals surface area (Å²) >= 11 is 0. The van der Waals surface area contributed by atoms with E-state index in [0.717, 1.165) is 28.3 Å². The molecule has 1 heterocycles. The summed E-state index contributed by atoms with van der Waals surface area (Å²) in [5.41, 5.74) is 3.70. The highest BCUT2D eigenvalue weighted by Gasteiger charge is 2.35. The zero-order chi connectivity index (χ0) is 18.7. The van der Waals surface area contributed by atoms with E-state index < -0.39 is 0 Å². The lowest BCUT2D eigenvalue weighted by atomic mass is 10.1. The van der Waals surface area contributed by atoms with Gasteiger partial charge in [-0.25, -0.2) is 0 Å². The summed E-state index contributed by atoms with van der Waals surface area (Å²) in [7, 11) is 0. The first-order valence-corrected chi connectivity index (χ1v) is 8.89. The topological polar surface area (TPSA) is 58.6 Å². The number of rotatable bonds is 5. The van der Waals surface area contributed by atoms with Gasteiger partial charge in [0.2, 0.25) is 11.8 Å². The third kappa shape index (κ3) is 3.87. The summed E-state index contributed by atoms with van der Waals surface area (Å²) in [4.78, 5) is 26.7. The van der Waals surface area contributed by atoms with Crippen molar-refractivity contribution in [1.29, 1.82) is 0 Å². The molecule has 1 aliphatic rings. The fraction of sp³-hybridized carbons (Fsp3) is 0.333. The Morgan fingerprint density at radius 2 is 1.92 bits per heavy atom. The summed E-state index contributed by atoms with van der Waals surface area (Å²) < 4.78 is 5.43. The predicted molar refractivity (Wildman–Crippen MR) is 103 cm³/mol. The third-order valence-electron chi connectivity index (χ3n) is 4.61. The highest BCUT2D eigenvalue weighted by Crippen LogP contribution is 2.28. The van der Waals surface area contributed by atoms with Crippen LogP contribution in [-0.2, 0) is 9.59 Å². The van der Waals surface area contributed by atoms with E-state index >= 15 is 0 Å². The summed E-state index contributed by atoms with van der Waals surface area (Å²) in [6, 6.07) is 13.3. The standard InChI is InChI=1S/C21H24N2O3/c1-4-26-18-9-7-17(8-10-18)23-13-16(12-20(23)24)21(25)22-19-11-14(2)5-6-15(19)3/h5-11,16H,4,12-13H2,1-3H3,(H,22,25)/t16-/m0/s1. The molecule has 1 fully saturated rings. The lowest BCUT2D eigenvalue weighted by molar-refractivity contribution is -0.122. The summed E-state index contributed by atoms with van der Waals surface area (Å²) in [5.74, 6) is 0.275. The molecule has 1 N–H and O–H groups in total. The van der Waals surface area contributed by atoms with E-state index in [1.165, 1.54) is 0 Å². The number of anilines is 2. The van der Waals surface area contributed by atoms with E-state index in [4.69, 9.17) is 4.74 Å². The van der Waals surface area contributed by atoms with Gasteiger partial charge in [0.05, 0.1) is 12.5 Å². The first-order chi connectivity index (χ1) is 12.5. The minimum Gasteiger partial charge on any atom is -0.494 e. The number of ether oxygens (including phenoxy) is 1. The van der Waals surface area contributed by atoms with Crippen LogP contribution < -0.4 is 15.0 Å². The van der Waals surface area contributed by atoms with Crippen molar-refractivity contribution in [1.82, 2.24) is 0 Å². The molecule has 0 radical (unpaired) electrons. The normalized spacial score (nSPS) is 16.7. The van der Waals surface area contributed by atoms with Gasteiger partial charge in [-0.3, -0.25) is 9.59 Å². The van der Waals surface area contributed by atoms with Crippen molar-refractivity contribution in [3.8, 4) is 5.75 Å². The number of nitrogens with zero attached hydrogens (tertiary/aromatic N) is 1. The van der Waals surface area contributed by atoms with Crippen molar-refractivity contribution >= 4 is 23.2 Å². The molecule has 2 aromatic carbocycles. The van der Waals surface area contributed by atoms with Crippen molar-refractivity contribution in [2.75, 3.05) is 23.4 Å². The van der Waals surface area contributed by atoms with Crippen LogP contribution in [0.1, 0.15) is 24.5 Å². The van der Waals surface area contributed by atoms with E-state index in [1.807, 2.05) is 63.2 Å². The van der Waals surface area contributed by atoms with Crippen LogP contribution in [0.25, 0.3) is 0 Å². The molecule has 0 aromatic heterocycles. The molecule has 0 unspecified atom stereocenters. The Morgan fingerprint density at radius 1 is 1.19 bits per heavy atom. The Balaban J connectivity index is 1.68. The average molecular weight is 352 g/mol. The molecule has 0 aliphatic carbocycles. The van der Waals surface area contributed by atoms with Crippen molar-refractivity contribution < 1.29 is 14.3 Å². The highest BCUT2D eigenvalue weighted by atomic mass is 16.5. The van der Waals surface area contributed by atoms with Gasteiger partial charge < -0.3 is 15.0 Å². The Kier molecular flexibility index (Phi) is 5.26. The van der Waals surface area contributed by atoms with Gasteiger partial charge in [-0.05, 0) is 62.2 Å². The first-order valence-electron chi connectivity index (χ1n) is 8.89. The molecule has 5 nitrogen and oxygen atoms in total. The van der Waals surface area contributed by atoms with Gasteiger partial charge in [0.15, 0.2) is 0 Å². The zero-order valence-electron chi connectivity index (χ0n) is 15.4. The largest absolute Gasteiger partial charge is 0.494 e. The number of hydrogen-bond acceptors (Lipinski definition) is 3. The lowest BCUT2D eigenvalue weighted by Crippen LogP contribution is -2.28. The van der Waals surface area contributed by atoms with Gasteiger partial charge in [0, 0.05) is 24.3 Å². The smallest absolute Gasteiger partial charge is 0.229 e. The van der Waals surface area contributed by atoms with Crippen molar-refractivity contribution in [3.63, 3.8) is 0 Å². The van der Waals surface area contributed by atoms with E-state index in [1.54, 1.807) is 4.90 Å². The lowest BCUT2D eigenvalue weighted by Gasteiger charge is -2.17. The van der Waals surface area contributed by atoms with Crippen LogP contribution in [0.2, 0.25) is 0 Å². The SMILES string of the molecule is CCOc1ccc(N2C[C@@H](C(=O)Nc3cc(C)ccc3C)CC2=O)cc1. The van der Waals surface area contributed by atoms with Gasteiger partial charge in [-0.1, -0.05) is 12.1 Å². The molecule has 1 aliphatic heterocycles. The number of carbonyl (C=O) groups excluding carboxylic acids is 2. The third-order valence-corrected chi connectivity index (χ3v) is 4.61. The average Bonchev–Trinajstić information content (AvgIpc) is 3.01. The molecule has 1 saturated heterocycles. The van der Waals surface area contributed by atoms with Crippen LogP contribution in [0.4, 0.5) is 11.4 Å². The summed E-state index contributed by atoms with van der Waals surface area (Å²) in [6.45, 7) is 6.87. The predicted octanol–water partition coefficient (Wildman–Crippen LogP) is 3.69. The zero-order valence-corrected chi connectivity index (χ0v) is 15.4. The molecule has 26 heavy (non-hydrogen) atoms. The maximum absolute atomic E-state index is 12.6. The van der Waals surface area contributed by atoms with Crippen LogP contribution in [0, 0.1) is 19.8 Å². The van der Waals surface area contributed by atoms with Crippen LogP contribution in [0.3, 0.4) is 0 Å². The summed E-state index contributed by atoms with van der Waals surface area (Å²) in [6.07, 6.45) is 0.226. The number of hydrogen-bond donors (Lipinski definition) is 1. The van der Waals surface area contributed by atoms with Crippen LogP contribution in [0.5, 0.6) is 5.75 Å². The number of benzene rings is 2. The van der Waals surface area contributed by atoms with Gasteiger partial charge >= 0.3 is 0 Å². The molecule has 5 heteroatoms. The van der Waals surface area contributed by atoms with Gasteiger partial charge in [-0.2, -0.15) is 0 Å². The second-order valence-corrected chi connectivity index (χ2v) is 6.64. The van der Waals surface area contributed by atoms with Gasteiger partial charge in [0.1, 0.15) is 5.75 Å². The second-order valence-electron chi connectivity index (χ2n) is 6.64. The van der Waals surface area contributed by atoms with Crippen molar-refractivity contribution in [2.45, 2.75) is 27.2 Å². The fourth-order valence-electron chi connectivity index (χ4n) is 3.13. The minimum atomic E-state index is -0.353. The fourth-order valence-corrected chi connectivity index (χ4v) is 3.13. The highest BCUT2D eigenvalue weighted by molar-refractivity contribution is 6.03. The van der Waals surface area contributed by atoms with E-state index in [2.05, 4.69) is 5.32 Å². The Morgan fingerprint density at radius 3 is 2.62 bits per heavy atom. The van der Waals surface area contributed by atoms with Crippen LogP contribution in [0.15, 0.2) is 42.5 Å². The van der Waals surface area contributed by atoms with Gasteiger partial charge in [0.25, 0.3) is 0 Å². The molecular weight excluding hydrogens is 328 g/mol. The maximum Gasteiger partial charge on any atom is 0.229 e. The number of amides is 2. The van der Waals surface area contributed by atoms with Crippen LogP contribution >= 0.6 is 0 Å². The Bertz CT molecular complexity index is 815. The molecule has 2 amide bonds. The minimum absolute atomic E-state index is 0.0322. The number of carbonyl (C=O) groups is 2. The van der Waals surface area contributed by atoms with Gasteiger partial charge in [-0.15, -0.1) is 0 Å². The Labute approximate surface area is 154 Å². The molecule has 3 rings (SSSR count). The van der Waals surface area contributed by atoms with E-state index in [-0.39, 0.29) is 24.2 Å². The molecular formula is C21H24N2O3. The first kappa shape index (κ1) is 18.0. The maximum atomic E-state index is 12.6. The number of nitrogens with one attached hydrogen (secondary N) is 1. The second kappa shape index (κ2) is 7.60. The van der Waals surface area contributed by atoms with E-state index in [9.17, 15) is 9.59 Å². The van der Waals surface area contributed by atoms with Crippen molar-refractivity contribution in [2.24, 2.45) is 5.92 Å². The molecule has 136 valence electrons. The molecule has 2 aromatic rings. The molecule has 1 atom stereocenters. The Hall–Kier alpha value is -2.82. The van der Waals surface area contributed by atoms with Crippen LogP contribution in [-0.4, -0.2) is 25.0 Å². The summed E-state index contributed by atoms with van der Waals surface area (Å²) in [5, 5.41) is 2.97. The molecule has 0 bridgehead atoms. The van der Waals surface area contributed by atoms with E-state index in [0.29, 0.717) is 13.2 Å². The number of aryl methyl sites for hydroxylation is 2. The molecule has 0 spiro atoms. The monoisotopic (exact) mass is 352 g/mol. The molecule has 0 saturated carbocycles. The quantitative estimate of drug-likeness (QED) is 0.893. The van der Waals surface area contributed by atoms with Crippen molar-refractivity contribution in [3.05, 3.63) is 53.6 Å².